The third kappa shape index (κ3) is 2.77. The predicted molar refractivity (Wildman–Crippen MR) is 85.2 cm³/mol. The smallest absolute Gasteiger partial charge is 0.234 e. The molecule has 5 nitrogen and oxygen atoms in total. The summed E-state index contributed by atoms with van der Waals surface area (Å²) in [5.74, 6) is -0.0635. The van der Waals surface area contributed by atoms with E-state index in [-0.39, 0.29) is 5.91 Å². The van der Waals surface area contributed by atoms with E-state index in [4.69, 9.17) is 5.73 Å². The number of nitrogen functional groups attached to an aromatic ring is 1. The maximum atomic E-state index is 12.7. The van der Waals surface area contributed by atoms with E-state index in [1.807, 2.05) is 59.0 Å². The molecule has 0 bridgehead atoms. The van der Waals surface area contributed by atoms with Gasteiger partial charge in [-0.3, -0.25) is 9.48 Å². The van der Waals surface area contributed by atoms with Gasteiger partial charge in [0.25, 0.3) is 0 Å². The van der Waals surface area contributed by atoms with Gasteiger partial charge < -0.3 is 11.1 Å². The van der Waals surface area contributed by atoms with Crippen molar-refractivity contribution in [1.29, 1.82) is 0 Å². The number of rotatable bonds is 3. The van der Waals surface area contributed by atoms with Crippen LogP contribution >= 0.6 is 0 Å². The summed E-state index contributed by atoms with van der Waals surface area (Å²) in [4.78, 5) is 12.7. The first-order chi connectivity index (χ1) is 9.73. The Morgan fingerprint density at radius 2 is 1.81 bits per heavy atom. The zero-order valence-corrected chi connectivity index (χ0v) is 13.2. The highest BCUT2D eigenvalue weighted by atomic mass is 16.2. The highest BCUT2D eigenvalue weighted by Crippen LogP contribution is 2.27. The number of amides is 1. The van der Waals surface area contributed by atoms with Crippen LogP contribution in [0.3, 0.4) is 0 Å². The lowest BCUT2D eigenvalue weighted by atomic mass is 9.83. The zero-order valence-electron chi connectivity index (χ0n) is 13.2. The lowest BCUT2D eigenvalue weighted by Gasteiger charge is -2.24. The van der Waals surface area contributed by atoms with Gasteiger partial charge in [-0.15, -0.1) is 0 Å². The van der Waals surface area contributed by atoms with Crippen LogP contribution in [-0.4, -0.2) is 15.7 Å². The van der Waals surface area contributed by atoms with Crippen molar-refractivity contribution in [3.8, 4) is 0 Å². The van der Waals surface area contributed by atoms with Crippen LogP contribution in [0.5, 0.6) is 0 Å². The molecule has 1 aromatic carbocycles. The SMILES string of the molecule is Cc1nn(C)c(C)c1NC(=O)C(C)(C)c1ccc(N)cc1. The van der Waals surface area contributed by atoms with E-state index in [1.54, 1.807) is 4.68 Å². The summed E-state index contributed by atoms with van der Waals surface area (Å²) in [6, 6.07) is 7.39. The monoisotopic (exact) mass is 286 g/mol. The van der Waals surface area contributed by atoms with Crippen LogP contribution in [-0.2, 0) is 17.3 Å². The van der Waals surface area contributed by atoms with Crippen molar-refractivity contribution in [2.24, 2.45) is 7.05 Å². The van der Waals surface area contributed by atoms with Crippen LogP contribution in [0, 0.1) is 13.8 Å². The molecule has 0 saturated carbocycles. The number of nitrogens with one attached hydrogen (secondary N) is 1. The van der Waals surface area contributed by atoms with Gasteiger partial charge in [-0.1, -0.05) is 12.1 Å². The van der Waals surface area contributed by atoms with Gasteiger partial charge >= 0.3 is 0 Å². The number of anilines is 2. The number of nitrogens with zero attached hydrogens (tertiary/aromatic N) is 2. The molecule has 0 fully saturated rings. The molecule has 0 aliphatic rings. The number of aromatic nitrogens is 2. The van der Waals surface area contributed by atoms with Crippen LogP contribution in [0.15, 0.2) is 24.3 Å². The molecule has 2 aromatic rings. The van der Waals surface area contributed by atoms with Crippen molar-refractivity contribution >= 4 is 17.3 Å². The van der Waals surface area contributed by atoms with Crippen LogP contribution < -0.4 is 11.1 Å². The van der Waals surface area contributed by atoms with Crippen LogP contribution in [0.2, 0.25) is 0 Å². The van der Waals surface area contributed by atoms with E-state index < -0.39 is 5.41 Å². The second kappa shape index (κ2) is 5.24. The largest absolute Gasteiger partial charge is 0.399 e. The van der Waals surface area contributed by atoms with E-state index in [2.05, 4.69) is 10.4 Å². The molecular formula is C16H22N4O. The molecular weight excluding hydrogens is 264 g/mol. The summed E-state index contributed by atoms with van der Waals surface area (Å²) in [6.07, 6.45) is 0. The van der Waals surface area contributed by atoms with Gasteiger partial charge in [-0.25, -0.2) is 0 Å². The van der Waals surface area contributed by atoms with Crippen molar-refractivity contribution < 1.29 is 4.79 Å². The normalized spacial score (nSPS) is 11.5. The second-order valence-corrected chi connectivity index (χ2v) is 5.87. The molecule has 1 aromatic heterocycles. The minimum absolute atomic E-state index is 0.0635. The first-order valence-corrected chi connectivity index (χ1v) is 6.91. The van der Waals surface area contributed by atoms with E-state index in [9.17, 15) is 4.79 Å². The highest BCUT2D eigenvalue weighted by molar-refractivity contribution is 5.99. The van der Waals surface area contributed by atoms with Crippen molar-refractivity contribution in [3.05, 3.63) is 41.2 Å². The number of carbonyl (C=O) groups is 1. The fourth-order valence-corrected chi connectivity index (χ4v) is 2.26. The molecule has 112 valence electrons. The molecule has 0 unspecified atom stereocenters. The third-order valence-corrected chi connectivity index (χ3v) is 3.95. The molecule has 1 heterocycles. The van der Waals surface area contributed by atoms with Crippen LogP contribution in [0.25, 0.3) is 0 Å². The van der Waals surface area contributed by atoms with E-state index >= 15 is 0 Å². The minimum Gasteiger partial charge on any atom is -0.399 e. The zero-order chi connectivity index (χ0) is 15.8. The lowest BCUT2D eigenvalue weighted by molar-refractivity contribution is -0.120. The number of hydrogen-bond acceptors (Lipinski definition) is 3. The van der Waals surface area contributed by atoms with E-state index in [1.165, 1.54) is 0 Å². The van der Waals surface area contributed by atoms with Crippen molar-refractivity contribution in [2.75, 3.05) is 11.1 Å². The second-order valence-electron chi connectivity index (χ2n) is 5.87. The Hall–Kier alpha value is -2.30. The van der Waals surface area contributed by atoms with Crippen LogP contribution in [0.1, 0.15) is 30.8 Å². The lowest BCUT2D eigenvalue weighted by Crippen LogP contribution is -2.35. The molecule has 3 N–H and O–H groups in total. The number of nitrogens with two attached hydrogens (primary N) is 1. The summed E-state index contributed by atoms with van der Waals surface area (Å²) in [7, 11) is 1.86. The summed E-state index contributed by atoms with van der Waals surface area (Å²) >= 11 is 0. The van der Waals surface area contributed by atoms with Crippen molar-refractivity contribution in [1.82, 2.24) is 9.78 Å². The third-order valence-electron chi connectivity index (χ3n) is 3.95. The molecule has 0 saturated heterocycles. The quantitative estimate of drug-likeness (QED) is 0.852. The Bertz CT molecular complexity index is 668. The Balaban J connectivity index is 2.28. The molecule has 1 amide bonds. The molecule has 0 aliphatic heterocycles. The van der Waals surface area contributed by atoms with Gasteiger partial charge in [0, 0.05) is 12.7 Å². The molecule has 0 aliphatic carbocycles. The summed E-state index contributed by atoms with van der Waals surface area (Å²) in [5.41, 5.74) is 9.20. The van der Waals surface area contributed by atoms with Gasteiger partial charge in [0.2, 0.25) is 5.91 Å². The van der Waals surface area contributed by atoms with Gasteiger partial charge in [0.15, 0.2) is 0 Å². The average Bonchev–Trinajstić information content (AvgIpc) is 2.65. The number of hydrogen-bond donors (Lipinski definition) is 2. The Morgan fingerprint density at radius 1 is 1.24 bits per heavy atom. The maximum absolute atomic E-state index is 12.7. The highest BCUT2D eigenvalue weighted by Gasteiger charge is 2.30. The number of carbonyl (C=O) groups excluding carboxylic acids is 1. The molecule has 0 spiro atoms. The summed E-state index contributed by atoms with van der Waals surface area (Å²) in [5, 5.41) is 7.31. The average molecular weight is 286 g/mol. The fraction of sp³-hybridized carbons (Fsp3) is 0.375. The molecule has 0 radical (unpaired) electrons. The van der Waals surface area contributed by atoms with E-state index in [0.717, 1.165) is 22.6 Å². The first-order valence-electron chi connectivity index (χ1n) is 6.91. The minimum atomic E-state index is -0.650. The maximum Gasteiger partial charge on any atom is 0.234 e. The Labute approximate surface area is 125 Å². The first kappa shape index (κ1) is 15.1. The fourth-order valence-electron chi connectivity index (χ4n) is 2.26. The molecule has 5 heteroatoms. The molecule has 21 heavy (non-hydrogen) atoms. The van der Waals surface area contributed by atoms with Gasteiger partial charge in [0.1, 0.15) is 0 Å². The van der Waals surface area contributed by atoms with Gasteiger partial charge in [0.05, 0.1) is 22.5 Å². The van der Waals surface area contributed by atoms with Gasteiger partial charge in [-0.05, 0) is 45.4 Å². The Kier molecular flexibility index (Phi) is 3.77. The summed E-state index contributed by atoms with van der Waals surface area (Å²) in [6.45, 7) is 7.62. The van der Waals surface area contributed by atoms with Crippen LogP contribution in [0.4, 0.5) is 11.4 Å². The topological polar surface area (TPSA) is 72.9 Å². The number of aryl methyl sites for hydroxylation is 2. The summed E-state index contributed by atoms with van der Waals surface area (Å²) < 4.78 is 1.77. The molecule has 0 atom stereocenters. The number of benzene rings is 1. The van der Waals surface area contributed by atoms with Gasteiger partial charge in [-0.2, -0.15) is 5.10 Å². The van der Waals surface area contributed by atoms with E-state index in [0.29, 0.717) is 5.69 Å². The Morgan fingerprint density at radius 3 is 2.29 bits per heavy atom. The standard InChI is InChI=1S/C16H22N4O/c1-10-14(11(2)20(5)19-10)18-15(21)16(3,4)12-6-8-13(17)9-7-12/h6-9H,17H2,1-5H3,(H,18,21). The van der Waals surface area contributed by atoms with Crippen molar-refractivity contribution in [2.45, 2.75) is 33.1 Å². The molecule has 2 rings (SSSR count). The predicted octanol–water partition coefficient (Wildman–Crippen LogP) is 2.54. The van der Waals surface area contributed by atoms with Crippen molar-refractivity contribution in [3.63, 3.8) is 0 Å².